The zero-order valence-electron chi connectivity index (χ0n) is 8.86. The first-order valence-corrected chi connectivity index (χ1v) is 5.11. The van der Waals surface area contributed by atoms with Gasteiger partial charge in [0.05, 0.1) is 7.11 Å². The van der Waals surface area contributed by atoms with Crippen molar-refractivity contribution in [2.24, 2.45) is 5.73 Å². The Morgan fingerprint density at radius 2 is 1.93 bits per heavy atom. The third kappa shape index (κ3) is 1.81. The van der Waals surface area contributed by atoms with E-state index in [4.69, 9.17) is 10.5 Å². The molecule has 0 bridgehead atoms. The summed E-state index contributed by atoms with van der Waals surface area (Å²) in [4.78, 5) is 0. The molecule has 0 unspecified atom stereocenters. The van der Waals surface area contributed by atoms with Crippen LogP contribution in [0.3, 0.4) is 0 Å². The first-order valence-electron chi connectivity index (χ1n) is 5.11. The Kier molecular flexibility index (Phi) is 2.88. The Morgan fingerprint density at radius 3 is 2.67 bits per heavy atom. The van der Waals surface area contributed by atoms with Crippen molar-refractivity contribution in [3.8, 4) is 5.75 Å². The van der Waals surface area contributed by atoms with Gasteiger partial charge in [0.15, 0.2) is 0 Å². The summed E-state index contributed by atoms with van der Waals surface area (Å²) in [5, 5.41) is 2.48. The molecule has 0 aromatic heterocycles. The predicted molar refractivity (Wildman–Crippen MR) is 63.3 cm³/mol. The van der Waals surface area contributed by atoms with E-state index in [0.29, 0.717) is 6.54 Å². The van der Waals surface area contributed by atoms with Crippen LogP contribution in [-0.4, -0.2) is 13.7 Å². The van der Waals surface area contributed by atoms with Crippen LogP contribution < -0.4 is 10.5 Å². The van der Waals surface area contributed by atoms with Crippen LogP contribution >= 0.6 is 0 Å². The van der Waals surface area contributed by atoms with E-state index in [0.717, 1.165) is 12.2 Å². The lowest BCUT2D eigenvalue weighted by atomic mass is 10.0. The summed E-state index contributed by atoms with van der Waals surface area (Å²) in [5.74, 6) is 0.930. The van der Waals surface area contributed by atoms with Gasteiger partial charge < -0.3 is 10.5 Å². The zero-order chi connectivity index (χ0) is 10.7. The topological polar surface area (TPSA) is 35.2 Å². The molecule has 2 N–H and O–H groups in total. The largest absolute Gasteiger partial charge is 0.496 e. The van der Waals surface area contributed by atoms with E-state index in [1.165, 1.54) is 16.3 Å². The van der Waals surface area contributed by atoms with Crippen LogP contribution in [0.1, 0.15) is 5.56 Å². The average Bonchev–Trinajstić information content (AvgIpc) is 2.30. The van der Waals surface area contributed by atoms with Crippen LogP contribution in [0.2, 0.25) is 0 Å². The average molecular weight is 201 g/mol. The Bertz CT molecular complexity index is 465. The standard InChI is InChI=1S/C13H15NO/c1-15-13-7-6-10-4-2-3-5-11(10)12(13)8-9-14/h2-7H,8-9,14H2,1H3. The van der Waals surface area contributed by atoms with E-state index in [9.17, 15) is 0 Å². The Morgan fingerprint density at radius 1 is 1.13 bits per heavy atom. The Balaban J connectivity index is 2.67. The van der Waals surface area contributed by atoms with Crippen molar-refractivity contribution in [3.63, 3.8) is 0 Å². The summed E-state index contributed by atoms with van der Waals surface area (Å²) in [7, 11) is 1.70. The maximum absolute atomic E-state index is 5.62. The molecule has 0 aliphatic carbocycles. The van der Waals surface area contributed by atoms with Crippen molar-refractivity contribution in [2.75, 3.05) is 13.7 Å². The molecular weight excluding hydrogens is 186 g/mol. The van der Waals surface area contributed by atoms with Crippen LogP contribution in [0.4, 0.5) is 0 Å². The minimum absolute atomic E-state index is 0.643. The molecule has 2 heteroatoms. The number of hydrogen-bond acceptors (Lipinski definition) is 2. The van der Waals surface area contributed by atoms with Crippen LogP contribution in [0, 0.1) is 0 Å². The lowest BCUT2D eigenvalue weighted by Crippen LogP contribution is -2.04. The SMILES string of the molecule is COc1ccc2ccccc2c1CCN. The number of nitrogens with two attached hydrogens (primary N) is 1. The highest BCUT2D eigenvalue weighted by Crippen LogP contribution is 2.27. The van der Waals surface area contributed by atoms with Gasteiger partial charge in [-0.05, 0) is 29.8 Å². The maximum atomic E-state index is 5.62. The zero-order valence-corrected chi connectivity index (χ0v) is 8.86. The lowest BCUT2D eigenvalue weighted by Gasteiger charge is -2.10. The molecule has 2 aromatic rings. The molecule has 0 saturated heterocycles. The van der Waals surface area contributed by atoms with Gasteiger partial charge in [-0.1, -0.05) is 30.3 Å². The van der Waals surface area contributed by atoms with E-state index in [-0.39, 0.29) is 0 Å². The second kappa shape index (κ2) is 4.32. The minimum Gasteiger partial charge on any atom is -0.496 e. The van der Waals surface area contributed by atoms with Gasteiger partial charge in [0.1, 0.15) is 5.75 Å². The fraction of sp³-hybridized carbons (Fsp3) is 0.231. The molecule has 0 aliphatic heterocycles. The van der Waals surface area contributed by atoms with Crippen molar-refractivity contribution >= 4 is 10.8 Å². The summed E-state index contributed by atoms with van der Waals surface area (Å²) >= 11 is 0. The van der Waals surface area contributed by atoms with Gasteiger partial charge in [-0.2, -0.15) is 0 Å². The highest BCUT2D eigenvalue weighted by atomic mass is 16.5. The number of rotatable bonds is 3. The lowest BCUT2D eigenvalue weighted by molar-refractivity contribution is 0.410. The third-order valence-electron chi connectivity index (χ3n) is 2.61. The minimum atomic E-state index is 0.643. The molecule has 0 atom stereocenters. The number of methoxy groups -OCH3 is 1. The summed E-state index contributed by atoms with van der Waals surface area (Å²) in [6, 6.07) is 12.4. The van der Waals surface area contributed by atoms with E-state index >= 15 is 0 Å². The van der Waals surface area contributed by atoms with Crippen molar-refractivity contribution in [1.29, 1.82) is 0 Å². The number of ether oxygens (including phenoxy) is 1. The predicted octanol–water partition coefficient (Wildman–Crippen LogP) is 2.35. The highest BCUT2D eigenvalue weighted by molar-refractivity contribution is 5.87. The van der Waals surface area contributed by atoms with Gasteiger partial charge in [0.2, 0.25) is 0 Å². The molecule has 0 aliphatic rings. The number of benzene rings is 2. The van der Waals surface area contributed by atoms with Crippen LogP contribution in [0.25, 0.3) is 10.8 Å². The first-order chi connectivity index (χ1) is 7.36. The van der Waals surface area contributed by atoms with Gasteiger partial charge in [-0.25, -0.2) is 0 Å². The monoisotopic (exact) mass is 201 g/mol. The summed E-state index contributed by atoms with van der Waals surface area (Å²) < 4.78 is 5.35. The molecule has 15 heavy (non-hydrogen) atoms. The van der Waals surface area contributed by atoms with E-state index in [1.54, 1.807) is 7.11 Å². The first kappa shape index (κ1) is 9.99. The normalized spacial score (nSPS) is 10.5. The summed E-state index contributed by atoms with van der Waals surface area (Å²) in [6.45, 7) is 0.643. The van der Waals surface area contributed by atoms with Crippen LogP contribution in [0.5, 0.6) is 5.75 Å². The molecule has 0 spiro atoms. The fourth-order valence-corrected chi connectivity index (χ4v) is 1.91. The smallest absolute Gasteiger partial charge is 0.122 e. The Hall–Kier alpha value is -1.54. The summed E-state index contributed by atoms with van der Waals surface area (Å²) in [6.07, 6.45) is 0.852. The van der Waals surface area contributed by atoms with Crippen molar-refractivity contribution in [2.45, 2.75) is 6.42 Å². The molecule has 0 radical (unpaired) electrons. The van der Waals surface area contributed by atoms with Gasteiger partial charge in [0, 0.05) is 5.56 Å². The number of hydrogen-bond donors (Lipinski definition) is 1. The molecule has 0 heterocycles. The second-order valence-electron chi connectivity index (χ2n) is 3.51. The quantitative estimate of drug-likeness (QED) is 0.827. The molecule has 0 amide bonds. The van der Waals surface area contributed by atoms with Gasteiger partial charge in [-0.3, -0.25) is 0 Å². The highest BCUT2D eigenvalue weighted by Gasteiger charge is 2.06. The maximum Gasteiger partial charge on any atom is 0.122 e. The summed E-state index contributed by atoms with van der Waals surface area (Å²) in [5.41, 5.74) is 6.83. The van der Waals surface area contributed by atoms with Gasteiger partial charge in [0.25, 0.3) is 0 Å². The van der Waals surface area contributed by atoms with Crippen molar-refractivity contribution < 1.29 is 4.74 Å². The molecule has 2 nitrogen and oxygen atoms in total. The Labute approximate surface area is 89.7 Å². The van der Waals surface area contributed by atoms with E-state index in [1.807, 2.05) is 18.2 Å². The third-order valence-corrected chi connectivity index (χ3v) is 2.61. The fourth-order valence-electron chi connectivity index (χ4n) is 1.91. The van der Waals surface area contributed by atoms with Crippen LogP contribution in [-0.2, 0) is 6.42 Å². The van der Waals surface area contributed by atoms with E-state index < -0.39 is 0 Å². The van der Waals surface area contributed by atoms with Crippen LogP contribution in [0.15, 0.2) is 36.4 Å². The molecule has 2 aromatic carbocycles. The number of fused-ring (bicyclic) bond motifs is 1. The molecule has 0 saturated carbocycles. The van der Waals surface area contributed by atoms with Crippen molar-refractivity contribution in [1.82, 2.24) is 0 Å². The van der Waals surface area contributed by atoms with E-state index in [2.05, 4.69) is 18.2 Å². The molecule has 0 fully saturated rings. The van der Waals surface area contributed by atoms with Gasteiger partial charge in [-0.15, -0.1) is 0 Å². The van der Waals surface area contributed by atoms with Gasteiger partial charge >= 0.3 is 0 Å². The molecule has 2 rings (SSSR count). The van der Waals surface area contributed by atoms with Crippen molar-refractivity contribution in [3.05, 3.63) is 42.0 Å². The molecule has 78 valence electrons. The second-order valence-corrected chi connectivity index (χ2v) is 3.51. The molecular formula is C13H15NO.